The minimum absolute atomic E-state index is 0.00997. The van der Waals surface area contributed by atoms with Gasteiger partial charge in [0.15, 0.2) is 6.29 Å². The van der Waals surface area contributed by atoms with E-state index in [1.165, 1.54) is 0 Å². The SMILES string of the molecule is CC1C=C(Cl)C=CC1[C@@H]1[C@@H](c2cccc(Cl)c2)C[C@](C)(CC(O)O)C(=O)N1c1cnn(C)c1. The summed E-state index contributed by atoms with van der Waals surface area (Å²) in [6.45, 7) is 3.91. The van der Waals surface area contributed by atoms with Crippen LogP contribution in [0.1, 0.15) is 38.2 Å². The van der Waals surface area contributed by atoms with E-state index >= 15 is 0 Å². The van der Waals surface area contributed by atoms with Crippen LogP contribution < -0.4 is 4.90 Å². The van der Waals surface area contributed by atoms with Gasteiger partial charge in [-0.15, -0.1) is 0 Å². The Kier molecular flexibility index (Phi) is 6.74. The van der Waals surface area contributed by atoms with Gasteiger partial charge >= 0.3 is 0 Å². The number of piperidine rings is 1. The van der Waals surface area contributed by atoms with Crippen molar-refractivity contribution in [3.63, 3.8) is 0 Å². The smallest absolute Gasteiger partial charge is 0.233 e. The highest BCUT2D eigenvalue weighted by atomic mass is 35.5. The molecule has 0 radical (unpaired) electrons. The first-order valence-corrected chi connectivity index (χ1v) is 11.8. The van der Waals surface area contributed by atoms with E-state index in [1.807, 2.05) is 61.5 Å². The number of allylic oxidation sites excluding steroid dienone is 3. The predicted molar refractivity (Wildman–Crippen MR) is 130 cm³/mol. The molecule has 1 fully saturated rings. The van der Waals surface area contributed by atoms with Crippen LogP contribution in [0.15, 0.2) is 59.9 Å². The first-order chi connectivity index (χ1) is 15.6. The molecule has 2 unspecified atom stereocenters. The maximum atomic E-state index is 14.0. The summed E-state index contributed by atoms with van der Waals surface area (Å²) in [5.74, 6) is -0.168. The maximum absolute atomic E-state index is 14.0. The molecule has 8 heteroatoms. The standard InChI is InChI=1S/C25H29Cl2N3O3/c1-15-9-18(27)7-8-20(15)23-21(16-5-4-6-17(26)10-16)11-25(2,12-22(31)32)24(33)30(23)19-13-28-29(3)14-19/h4-10,13-15,20-23,31-32H,11-12H2,1-3H3/t15?,20?,21-,23-,25-/m1/s1. The Bertz CT molecular complexity index is 1100. The molecule has 1 saturated heterocycles. The van der Waals surface area contributed by atoms with Crippen molar-refractivity contribution in [1.82, 2.24) is 9.78 Å². The normalized spacial score (nSPS) is 30.1. The average molecular weight is 490 g/mol. The second-order valence-corrected chi connectivity index (χ2v) is 10.4. The van der Waals surface area contributed by atoms with Crippen LogP contribution in [0.2, 0.25) is 5.02 Å². The number of halogens is 2. The fourth-order valence-corrected chi connectivity index (χ4v) is 5.88. The van der Waals surface area contributed by atoms with Gasteiger partial charge in [-0.3, -0.25) is 9.48 Å². The molecule has 1 aliphatic heterocycles. The van der Waals surface area contributed by atoms with Crippen molar-refractivity contribution >= 4 is 34.8 Å². The molecule has 1 aromatic heterocycles. The van der Waals surface area contributed by atoms with Crippen LogP contribution in [0.5, 0.6) is 0 Å². The van der Waals surface area contributed by atoms with Crippen molar-refractivity contribution in [1.29, 1.82) is 0 Å². The highest BCUT2D eigenvalue weighted by Gasteiger charge is 2.53. The number of hydrogen-bond donors (Lipinski definition) is 2. The van der Waals surface area contributed by atoms with Crippen LogP contribution in [0.3, 0.4) is 0 Å². The molecule has 4 rings (SSSR count). The number of aryl methyl sites for hydroxylation is 1. The van der Waals surface area contributed by atoms with Gasteiger partial charge in [0.1, 0.15) is 0 Å². The highest BCUT2D eigenvalue weighted by Crippen LogP contribution is 2.50. The second-order valence-electron chi connectivity index (χ2n) is 9.50. The Morgan fingerprint density at radius 3 is 2.67 bits per heavy atom. The van der Waals surface area contributed by atoms with Gasteiger partial charge in [-0.1, -0.05) is 61.3 Å². The molecule has 0 bridgehead atoms. The molecule has 0 saturated carbocycles. The number of amides is 1. The lowest BCUT2D eigenvalue weighted by Crippen LogP contribution is -2.59. The number of carbonyl (C=O) groups is 1. The van der Waals surface area contributed by atoms with E-state index in [0.29, 0.717) is 22.2 Å². The second kappa shape index (κ2) is 9.26. The maximum Gasteiger partial charge on any atom is 0.233 e. The van der Waals surface area contributed by atoms with Gasteiger partial charge in [0.25, 0.3) is 0 Å². The third-order valence-electron chi connectivity index (χ3n) is 6.90. The van der Waals surface area contributed by atoms with Crippen molar-refractivity contribution < 1.29 is 15.0 Å². The fraction of sp³-hybridized carbons (Fsp3) is 0.440. The highest BCUT2D eigenvalue weighted by molar-refractivity contribution is 6.31. The summed E-state index contributed by atoms with van der Waals surface area (Å²) in [7, 11) is 1.81. The van der Waals surface area contributed by atoms with Crippen molar-refractivity contribution in [3.8, 4) is 0 Å². The first kappa shape index (κ1) is 24.0. The van der Waals surface area contributed by atoms with Gasteiger partial charge < -0.3 is 15.1 Å². The van der Waals surface area contributed by atoms with Crippen molar-refractivity contribution in [2.24, 2.45) is 24.3 Å². The number of rotatable bonds is 5. The molecule has 2 N–H and O–H groups in total. The molecule has 5 atom stereocenters. The summed E-state index contributed by atoms with van der Waals surface area (Å²) in [5.41, 5.74) is 0.704. The molecular formula is C25H29Cl2N3O3. The Morgan fingerprint density at radius 2 is 2.06 bits per heavy atom. The molecule has 176 valence electrons. The van der Waals surface area contributed by atoms with Crippen molar-refractivity contribution in [3.05, 3.63) is 70.5 Å². The van der Waals surface area contributed by atoms with E-state index in [-0.39, 0.29) is 36.1 Å². The molecular weight excluding hydrogens is 461 g/mol. The lowest BCUT2D eigenvalue weighted by atomic mass is 9.64. The number of hydrogen-bond acceptors (Lipinski definition) is 4. The zero-order valence-electron chi connectivity index (χ0n) is 18.9. The Hall–Kier alpha value is -2.12. The molecule has 2 aliphatic rings. The predicted octanol–water partition coefficient (Wildman–Crippen LogP) is 4.61. The number of anilines is 1. The van der Waals surface area contributed by atoms with E-state index < -0.39 is 11.7 Å². The molecule has 1 aliphatic carbocycles. The molecule has 1 amide bonds. The van der Waals surface area contributed by atoms with Crippen LogP contribution in [0.25, 0.3) is 0 Å². The van der Waals surface area contributed by atoms with Crippen LogP contribution >= 0.6 is 23.2 Å². The van der Waals surface area contributed by atoms with Crippen molar-refractivity contribution in [2.75, 3.05) is 4.90 Å². The van der Waals surface area contributed by atoms with E-state index in [2.05, 4.69) is 18.1 Å². The van der Waals surface area contributed by atoms with Gasteiger partial charge in [0.05, 0.1) is 23.3 Å². The minimum atomic E-state index is -1.60. The van der Waals surface area contributed by atoms with Gasteiger partial charge in [-0.05, 0) is 36.1 Å². The number of carbonyl (C=O) groups excluding carboxylic acids is 1. The lowest BCUT2D eigenvalue weighted by Gasteiger charge is -2.52. The number of aliphatic hydroxyl groups excluding tert-OH is 1. The zero-order chi connectivity index (χ0) is 23.9. The quantitative estimate of drug-likeness (QED) is 0.600. The van der Waals surface area contributed by atoms with Gasteiger partial charge in [-0.25, -0.2) is 0 Å². The Labute approximate surface area is 204 Å². The third-order valence-corrected chi connectivity index (χ3v) is 7.38. The summed E-state index contributed by atoms with van der Waals surface area (Å²) < 4.78 is 1.66. The molecule has 2 aromatic rings. The van der Waals surface area contributed by atoms with E-state index in [9.17, 15) is 15.0 Å². The Morgan fingerprint density at radius 1 is 1.30 bits per heavy atom. The minimum Gasteiger partial charge on any atom is -0.368 e. The third kappa shape index (κ3) is 4.76. The number of benzene rings is 1. The van der Waals surface area contributed by atoms with Gasteiger partial charge in [0.2, 0.25) is 5.91 Å². The molecule has 1 aromatic carbocycles. The summed E-state index contributed by atoms with van der Waals surface area (Å²) in [6, 6.07) is 7.46. The summed E-state index contributed by atoms with van der Waals surface area (Å²) in [6.07, 6.45) is 8.28. The molecule has 6 nitrogen and oxygen atoms in total. The summed E-state index contributed by atoms with van der Waals surface area (Å²) in [5, 5.41) is 25.3. The largest absolute Gasteiger partial charge is 0.368 e. The summed E-state index contributed by atoms with van der Waals surface area (Å²) in [4.78, 5) is 15.8. The topological polar surface area (TPSA) is 78.6 Å². The van der Waals surface area contributed by atoms with E-state index in [4.69, 9.17) is 23.2 Å². The fourth-order valence-electron chi connectivity index (χ4n) is 5.41. The molecule has 2 heterocycles. The number of aromatic nitrogens is 2. The monoisotopic (exact) mass is 489 g/mol. The van der Waals surface area contributed by atoms with Crippen LogP contribution in [-0.4, -0.2) is 38.2 Å². The first-order valence-electron chi connectivity index (χ1n) is 11.1. The van der Waals surface area contributed by atoms with Crippen molar-refractivity contribution in [2.45, 2.75) is 44.9 Å². The van der Waals surface area contributed by atoms with Crippen LogP contribution in [-0.2, 0) is 11.8 Å². The van der Waals surface area contributed by atoms with E-state index in [0.717, 1.165) is 5.56 Å². The molecule has 33 heavy (non-hydrogen) atoms. The lowest BCUT2D eigenvalue weighted by molar-refractivity contribution is -0.140. The summed E-state index contributed by atoms with van der Waals surface area (Å²) >= 11 is 12.7. The van der Waals surface area contributed by atoms with Gasteiger partial charge in [0, 0.05) is 41.6 Å². The number of aliphatic hydroxyl groups is 2. The Balaban J connectivity index is 1.90. The average Bonchev–Trinajstić information content (AvgIpc) is 3.15. The van der Waals surface area contributed by atoms with Crippen LogP contribution in [0, 0.1) is 17.3 Å². The zero-order valence-corrected chi connectivity index (χ0v) is 20.4. The number of nitrogens with zero attached hydrogens (tertiary/aromatic N) is 3. The van der Waals surface area contributed by atoms with E-state index in [1.54, 1.807) is 10.9 Å². The molecule has 0 spiro atoms. The van der Waals surface area contributed by atoms with Crippen LogP contribution in [0.4, 0.5) is 5.69 Å². The van der Waals surface area contributed by atoms with Gasteiger partial charge in [-0.2, -0.15) is 5.10 Å².